The molecule has 2 aromatic rings. The van der Waals surface area contributed by atoms with Crippen LogP contribution in [-0.2, 0) is 32.3 Å². The smallest absolute Gasteiger partial charge is 0.416 e. The lowest BCUT2D eigenvalue weighted by Crippen LogP contribution is -2.69. The average Bonchev–Trinajstić information content (AvgIpc) is 3.78. The van der Waals surface area contributed by atoms with Gasteiger partial charge in [0, 0.05) is 43.3 Å². The summed E-state index contributed by atoms with van der Waals surface area (Å²) in [6.07, 6.45) is 4.15. The third kappa shape index (κ3) is 5.86. The van der Waals surface area contributed by atoms with Gasteiger partial charge >= 0.3 is 12.1 Å². The predicted octanol–water partition coefficient (Wildman–Crippen LogP) is 6.27. The first-order valence-corrected chi connectivity index (χ1v) is 16.9. The van der Waals surface area contributed by atoms with Crippen molar-refractivity contribution in [3.8, 4) is 11.5 Å². The number of ether oxygens (including phenoxy) is 3. The Morgan fingerprint density at radius 2 is 1.96 bits per heavy atom. The van der Waals surface area contributed by atoms with Crippen molar-refractivity contribution in [1.29, 1.82) is 0 Å². The van der Waals surface area contributed by atoms with Crippen LogP contribution < -0.4 is 9.47 Å². The first-order valence-electron chi connectivity index (χ1n) is 16.9. The minimum atomic E-state index is -4.47. The van der Waals surface area contributed by atoms with Gasteiger partial charge in [-0.15, -0.1) is 0 Å². The molecule has 2 unspecified atom stereocenters. The van der Waals surface area contributed by atoms with E-state index in [4.69, 9.17) is 14.2 Å². The van der Waals surface area contributed by atoms with E-state index in [0.29, 0.717) is 35.6 Å². The zero-order valence-corrected chi connectivity index (χ0v) is 27.2. The van der Waals surface area contributed by atoms with E-state index in [2.05, 4.69) is 24.8 Å². The average molecular weight is 653 g/mol. The van der Waals surface area contributed by atoms with Gasteiger partial charge in [-0.1, -0.05) is 32.0 Å². The summed E-state index contributed by atoms with van der Waals surface area (Å²) in [7, 11) is 1.45. The number of alkyl halides is 3. The van der Waals surface area contributed by atoms with Gasteiger partial charge in [0.1, 0.15) is 12.7 Å². The Kier molecular flexibility index (Phi) is 8.40. The number of benzene rings is 2. The Hall–Kier alpha value is -3.37. The second kappa shape index (κ2) is 12.3. The molecule has 47 heavy (non-hydrogen) atoms. The highest BCUT2D eigenvalue weighted by molar-refractivity contribution is 5.92. The number of methoxy groups -OCH3 is 1. The molecule has 0 N–H and O–H groups in total. The molecule has 2 aromatic carbocycles. The third-order valence-corrected chi connectivity index (χ3v) is 10.9. The summed E-state index contributed by atoms with van der Waals surface area (Å²) in [6, 6.07) is 9.05. The molecule has 1 spiro atoms. The topological polar surface area (TPSA) is 68.3 Å². The van der Waals surface area contributed by atoms with Crippen LogP contribution in [0.25, 0.3) is 6.08 Å². The lowest BCUT2D eigenvalue weighted by Gasteiger charge is -2.60. The number of piperidine rings is 1. The number of rotatable bonds is 10. The van der Waals surface area contributed by atoms with Crippen LogP contribution in [0.4, 0.5) is 13.2 Å². The molecule has 252 valence electrons. The number of amides is 1. The quantitative estimate of drug-likeness (QED) is 0.171. The van der Waals surface area contributed by atoms with Crippen LogP contribution in [0.5, 0.6) is 11.5 Å². The van der Waals surface area contributed by atoms with Gasteiger partial charge in [-0.05, 0) is 98.2 Å². The van der Waals surface area contributed by atoms with E-state index >= 15 is 0 Å². The molecular formula is C37H43F3N2O5. The van der Waals surface area contributed by atoms with Gasteiger partial charge in [-0.3, -0.25) is 9.69 Å². The molecule has 2 saturated carbocycles. The van der Waals surface area contributed by atoms with Gasteiger partial charge in [0.2, 0.25) is 5.91 Å². The van der Waals surface area contributed by atoms with E-state index < -0.39 is 17.7 Å². The molecule has 3 aliphatic carbocycles. The van der Waals surface area contributed by atoms with Gasteiger partial charge in [0.15, 0.2) is 11.5 Å². The first-order chi connectivity index (χ1) is 22.5. The summed E-state index contributed by atoms with van der Waals surface area (Å²) in [5.41, 5.74) is 1.59. The highest BCUT2D eigenvalue weighted by Crippen LogP contribution is 2.64. The largest absolute Gasteiger partial charge is 0.483 e. The second-order valence-electron chi connectivity index (χ2n) is 14.5. The molecular weight excluding hydrogens is 609 g/mol. The second-order valence-corrected chi connectivity index (χ2v) is 14.5. The van der Waals surface area contributed by atoms with Crippen LogP contribution in [-0.4, -0.2) is 73.2 Å². The number of halogens is 3. The minimum Gasteiger partial charge on any atom is -0.483 e. The number of hydrogen-bond donors (Lipinski definition) is 0. The third-order valence-electron chi connectivity index (χ3n) is 10.9. The molecule has 1 saturated heterocycles. The summed E-state index contributed by atoms with van der Waals surface area (Å²) in [5, 5.41) is 0. The number of carbonyl (C=O) groups excluding carboxylic acids is 2. The van der Waals surface area contributed by atoms with Gasteiger partial charge in [0.05, 0.1) is 11.6 Å². The van der Waals surface area contributed by atoms with E-state index in [1.165, 1.54) is 43.7 Å². The van der Waals surface area contributed by atoms with Crippen molar-refractivity contribution in [2.24, 2.45) is 17.8 Å². The number of likely N-dealkylation sites (tertiary alicyclic amines) is 1. The Bertz CT molecular complexity index is 1570. The SMILES string of the molecule is COCC(=O)Oc1ccc2c3c1OC1C(N(CC(C)C)C(=O)/C=C/c4cccc(C(F)(F)F)c4)CC[C@H]4[C@@H](C2)N(CC2CC2)CC[C@]314. The van der Waals surface area contributed by atoms with Gasteiger partial charge in [-0.2, -0.15) is 13.2 Å². The van der Waals surface area contributed by atoms with Crippen molar-refractivity contribution < 1.29 is 37.0 Å². The molecule has 3 fully saturated rings. The summed E-state index contributed by atoms with van der Waals surface area (Å²) in [6.45, 7) is 6.49. The fourth-order valence-corrected chi connectivity index (χ4v) is 8.98. The summed E-state index contributed by atoms with van der Waals surface area (Å²) < 4.78 is 57.9. The maximum atomic E-state index is 14.1. The van der Waals surface area contributed by atoms with E-state index in [1.54, 1.807) is 6.07 Å². The highest BCUT2D eigenvalue weighted by Gasteiger charge is 2.66. The lowest BCUT2D eigenvalue weighted by molar-refractivity contribution is -0.139. The molecule has 0 aromatic heterocycles. The molecule has 5 atom stereocenters. The number of hydrogen-bond acceptors (Lipinski definition) is 6. The highest BCUT2D eigenvalue weighted by atomic mass is 19.4. The molecule has 10 heteroatoms. The Morgan fingerprint density at radius 1 is 1.15 bits per heavy atom. The summed E-state index contributed by atoms with van der Waals surface area (Å²) in [4.78, 5) is 31.2. The zero-order chi connectivity index (χ0) is 33.1. The lowest BCUT2D eigenvalue weighted by atomic mass is 9.51. The summed E-state index contributed by atoms with van der Waals surface area (Å²) >= 11 is 0. The van der Waals surface area contributed by atoms with Crippen LogP contribution in [0.1, 0.15) is 68.2 Å². The predicted molar refractivity (Wildman–Crippen MR) is 170 cm³/mol. The van der Waals surface area contributed by atoms with Crippen molar-refractivity contribution in [2.75, 3.05) is 33.4 Å². The number of esters is 1. The van der Waals surface area contributed by atoms with Crippen LogP contribution >= 0.6 is 0 Å². The van der Waals surface area contributed by atoms with Gasteiger partial charge in [-0.25, -0.2) is 4.79 Å². The molecule has 5 aliphatic rings. The Morgan fingerprint density at radius 3 is 2.68 bits per heavy atom. The van der Waals surface area contributed by atoms with Crippen molar-refractivity contribution in [3.63, 3.8) is 0 Å². The number of nitrogens with zero attached hydrogens (tertiary/aromatic N) is 2. The molecule has 2 heterocycles. The monoisotopic (exact) mass is 652 g/mol. The van der Waals surface area contributed by atoms with Crippen LogP contribution in [0.15, 0.2) is 42.5 Å². The van der Waals surface area contributed by atoms with Crippen LogP contribution in [0.2, 0.25) is 0 Å². The molecule has 7 rings (SSSR count). The number of carbonyl (C=O) groups is 2. The maximum Gasteiger partial charge on any atom is 0.416 e. The molecule has 0 radical (unpaired) electrons. The van der Waals surface area contributed by atoms with Crippen LogP contribution in [0.3, 0.4) is 0 Å². The van der Waals surface area contributed by atoms with E-state index in [-0.39, 0.29) is 36.0 Å². The standard InChI is InChI=1S/C37H43F3N2O5/c1-22(2)19-42(31(43)14-9-23-5-4-6-26(17-23)37(38,39)40)28-12-11-27-29-18-25-10-13-30(46-32(44)21-45-3)34-33(25)36(27,35(28)47-34)15-16-41(29)20-24-7-8-24/h4-6,9-10,13-14,17,22,24,27-29,35H,7-8,11-12,15-16,18-21H2,1-3H3/b14-9+/t27-,28?,29+,35?,36-/m0/s1. The van der Waals surface area contributed by atoms with Crippen molar-refractivity contribution in [3.05, 3.63) is 64.7 Å². The first kappa shape index (κ1) is 32.2. The van der Waals surface area contributed by atoms with Crippen molar-refractivity contribution in [1.82, 2.24) is 9.80 Å². The van der Waals surface area contributed by atoms with E-state index in [0.717, 1.165) is 62.4 Å². The van der Waals surface area contributed by atoms with Crippen molar-refractivity contribution >= 4 is 18.0 Å². The Labute approximate surface area is 274 Å². The van der Waals surface area contributed by atoms with Crippen LogP contribution in [0, 0.1) is 17.8 Å². The summed E-state index contributed by atoms with van der Waals surface area (Å²) in [5.74, 6) is 1.51. The zero-order valence-electron chi connectivity index (χ0n) is 27.2. The normalized spacial score (nSPS) is 27.9. The Balaban J connectivity index is 1.25. The van der Waals surface area contributed by atoms with E-state index in [1.807, 2.05) is 11.0 Å². The molecule has 2 bridgehead atoms. The fraction of sp³-hybridized carbons (Fsp3) is 0.568. The van der Waals surface area contributed by atoms with Gasteiger partial charge < -0.3 is 19.1 Å². The van der Waals surface area contributed by atoms with E-state index in [9.17, 15) is 22.8 Å². The molecule has 1 amide bonds. The minimum absolute atomic E-state index is 0.153. The van der Waals surface area contributed by atoms with Gasteiger partial charge in [0.25, 0.3) is 0 Å². The fourth-order valence-electron chi connectivity index (χ4n) is 8.98. The molecule has 7 nitrogen and oxygen atoms in total. The van der Waals surface area contributed by atoms with Crippen molar-refractivity contribution in [2.45, 2.75) is 82.2 Å². The molecule has 2 aliphatic heterocycles. The maximum absolute atomic E-state index is 14.1.